The lowest BCUT2D eigenvalue weighted by Crippen LogP contribution is -2.13. The molecule has 0 saturated carbocycles. The number of benzene rings is 2. The van der Waals surface area contributed by atoms with Gasteiger partial charge in [0.15, 0.2) is 0 Å². The summed E-state index contributed by atoms with van der Waals surface area (Å²) in [7, 11) is 0. The van der Waals surface area contributed by atoms with Crippen molar-refractivity contribution in [3.8, 4) is 0 Å². The molecular formula is C18H17N3O2. The van der Waals surface area contributed by atoms with Gasteiger partial charge in [-0.1, -0.05) is 48.0 Å². The number of aryl methyl sites for hydroxylation is 1. The van der Waals surface area contributed by atoms with Crippen LogP contribution in [-0.4, -0.2) is 9.97 Å². The Bertz CT molecular complexity index is 961. The highest BCUT2D eigenvalue weighted by Crippen LogP contribution is 2.25. The summed E-state index contributed by atoms with van der Waals surface area (Å²) in [5.41, 5.74) is 7.79. The first-order valence-corrected chi connectivity index (χ1v) is 7.31. The molecular weight excluding hydrogens is 290 g/mol. The highest BCUT2D eigenvalue weighted by atomic mass is 16.3. The van der Waals surface area contributed by atoms with E-state index < -0.39 is 0 Å². The summed E-state index contributed by atoms with van der Waals surface area (Å²) in [5, 5.41) is 0.848. The third-order valence-electron chi connectivity index (χ3n) is 3.39. The van der Waals surface area contributed by atoms with Gasteiger partial charge in [-0.2, -0.15) is 0 Å². The second kappa shape index (κ2) is 6.46. The monoisotopic (exact) mass is 307 g/mol. The smallest absolute Gasteiger partial charge is 0.294 e. The number of hydrogen-bond acceptors (Lipinski definition) is 4. The van der Waals surface area contributed by atoms with Crippen LogP contribution in [0.2, 0.25) is 0 Å². The molecule has 0 saturated heterocycles. The fourth-order valence-corrected chi connectivity index (χ4v) is 2.30. The van der Waals surface area contributed by atoms with Crippen molar-refractivity contribution in [2.45, 2.75) is 13.5 Å². The van der Waals surface area contributed by atoms with Crippen LogP contribution < -0.4 is 11.3 Å². The van der Waals surface area contributed by atoms with E-state index in [1.807, 2.05) is 61.5 Å². The first-order chi connectivity index (χ1) is 11.2. The van der Waals surface area contributed by atoms with Crippen LogP contribution in [0.1, 0.15) is 11.4 Å². The van der Waals surface area contributed by atoms with Crippen molar-refractivity contribution in [2.75, 3.05) is 0 Å². The highest BCUT2D eigenvalue weighted by Gasteiger charge is 2.12. The molecule has 2 aromatic carbocycles. The maximum absolute atomic E-state index is 11.8. The zero-order chi connectivity index (χ0) is 16.2. The molecule has 4 aromatic rings. The standard InChI is InChI=1S/C12H11N3O2.C6H6/c1-6-2-3-8-7(4-6)10-11(17-8)12(16)15-9(5-13)14-10;1-2-4-6-5-3-1/h2-4H,5,13H2,1H3,(H,14,15,16);1-6H. The van der Waals surface area contributed by atoms with Crippen LogP contribution in [0, 0.1) is 6.92 Å². The number of nitrogens with one attached hydrogen (secondary N) is 1. The van der Waals surface area contributed by atoms with E-state index in [4.69, 9.17) is 10.2 Å². The van der Waals surface area contributed by atoms with Gasteiger partial charge in [0.2, 0.25) is 5.58 Å². The van der Waals surface area contributed by atoms with E-state index >= 15 is 0 Å². The van der Waals surface area contributed by atoms with Crippen LogP contribution in [0.25, 0.3) is 22.1 Å². The Balaban J connectivity index is 0.000000220. The van der Waals surface area contributed by atoms with Gasteiger partial charge in [-0.3, -0.25) is 4.79 Å². The summed E-state index contributed by atoms with van der Waals surface area (Å²) < 4.78 is 5.49. The third-order valence-corrected chi connectivity index (χ3v) is 3.39. The Kier molecular flexibility index (Phi) is 4.21. The predicted octanol–water partition coefficient (Wildman–Crippen LogP) is 3.12. The second-order valence-electron chi connectivity index (χ2n) is 5.15. The molecule has 116 valence electrons. The van der Waals surface area contributed by atoms with E-state index in [0.717, 1.165) is 10.9 Å². The van der Waals surface area contributed by atoms with E-state index in [9.17, 15) is 4.79 Å². The van der Waals surface area contributed by atoms with Crippen LogP contribution in [0.15, 0.2) is 63.8 Å². The van der Waals surface area contributed by atoms with Crippen molar-refractivity contribution >= 4 is 22.1 Å². The molecule has 0 unspecified atom stereocenters. The summed E-state index contributed by atoms with van der Waals surface area (Å²) in [6.07, 6.45) is 0. The zero-order valence-corrected chi connectivity index (χ0v) is 12.7. The van der Waals surface area contributed by atoms with Gasteiger partial charge in [-0.25, -0.2) is 4.98 Å². The summed E-state index contributed by atoms with van der Waals surface area (Å²) in [6.45, 7) is 2.18. The fraction of sp³-hybridized carbons (Fsp3) is 0.111. The number of rotatable bonds is 1. The SMILES string of the molecule is Cc1ccc2oc3c(=O)[nH]c(CN)nc3c2c1.c1ccccc1. The van der Waals surface area contributed by atoms with Gasteiger partial charge in [-0.15, -0.1) is 0 Å². The molecule has 0 fully saturated rings. The minimum absolute atomic E-state index is 0.198. The molecule has 2 heterocycles. The number of aromatic amines is 1. The number of nitrogens with two attached hydrogens (primary N) is 1. The minimum Gasteiger partial charge on any atom is -0.449 e. The first-order valence-electron chi connectivity index (χ1n) is 7.31. The normalized spacial score (nSPS) is 10.5. The van der Waals surface area contributed by atoms with Gasteiger partial charge >= 0.3 is 0 Å². The van der Waals surface area contributed by atoms with E-state index in [-0.39, 0.29) is 17.7 Å². The largest absolute Gasteiger partial charge is 0.449 e. The zero-order valence-electron chi connectivity index (χ0n) is 12.7. The molecule has 3 N–H and O–H groups in total. The number of H-pyrrole nitrogens is 1. The van der Waals surface area contributed by atoms with Crippen molar-refractivity contribution in [1.82, 2.24) is 9.97 Å². The topological polar surface area (TPSA) is 84.9 Å². The molecule has 4 rings (SSSR count). The second-order valence-corrected chi connectivity index (χ2v) is 5.15. The Hall–Kier alpha value is -2.92. The van der Waals surface area contributed by atoms with Gasteiger partial charge < -0.3 is 15.1 Å². The Morgan fingerprint density at radius 3 is 2.39 bits per heavy atom. The molecule has 5 heteroatoms. The highest BCUT2D eigenvalue weighted by molar-refractivity contribution is 6.02. The van der Waals surface area contributed by atoms with E-state index in [1.54, 1.807) is 0 Å². The van der Waals surface area contributed by atoms with Gasteiger partial charge in [0, 0.05) is 5.39 Å². The van der Waals surface area contributed by atoms with E-state index in [1.165, 1.54) is 0 Å². The molecule has 0 spiro atoms. The molecule has 0 aliphatic rings. The summed E-state index contributed by atoms with van der Waals surface area (Å²) >= 11 is 0. The lowest BCUT2D eigenvalue weighted by Gasteiger charge is -1.95. The summed E-state index contributed by atoms with van der Waals surface area (Å²) in [6, 6.07) is 17.7. The van der Waals surface area contributed by atoms with Gasteiger partial charge in [0.1, 0.15) is 16.9 Å². The molecule has 5 nitrogen and oxygen atoms in total. The molecule has 2 aromatic heterocycles. The number of fused-ring (bicyclic) bond motifs is 3. The first kappa shape index (κ1) is 15.0. The molecule has 0 atom stereocenters. The number of furan rings is 1. The van der Waals surface area contributed by atoms with Crippen molar-refractivity contribution in [2.24, 2.45) is 5.73 Å². The molecule has 0 radical (unpaired) electrons. The molecule has 0 aliphatic carbocycles. The van der Waals surface area contributed by atoms with Crippen molar-refractivity contribution < 1.29 is 4.42 Å². The lowest BCUT2D eigenvalue weighted by molar-refractivity contribution is 0.659. The maximum Gasteiger partial charge on any atom is 0.294 e. The summed E-state index contributed by atoms with van der Waals surface area (Å²) in [4.78, 5) is 18.7. The minimum atomic E-state index is -0.288. The maximum atomic E-state index is 11.8. The van der Waals surface area contributed by atoms with Crippen molar-refractivity contribution in [1.29, 1.82) is 0 Å². The Labute approximate surface area is 132 Å². The van der Waals surface area contributed by atoms with Gasteiger partial charge in [0.25, 0.3) is 5.56 Å². The fourth-order valence-electron chi connectivity index (χ4n) is 2.30. The average molecular weight is 307 g/mol. The average Bonchev–Trinajstić information content (AvgIpc) is 2.95. The Morgan fingerprint density at radius 2 is 1.78 bits per heavy atom. The lowest BCUT2D eigenvalue weighted by atomic mass is 10.2. The van der Waals surface area contributed by atoms with Gasteiger partial charge in [-0.05, 0) is 19.1 Å². The van der Waals surface area contributed by atoms with Crippen molar-refractivity contribution in [3.63, 3.8) is 0 Å². The van der Waals surface area contributed by atoms with Crippen LogP contribution in [0.4, 0.5) is 0 Å². The third kappa shape index (κ3) is 3.14. The molecule has 23 heavy (non-hydrogen) atoms. The van der Waals surface area contributed by atoms with Crippen LogP contribution >= 0.6 is 0 Å². The van der Waals surface area contributed by atoms with Gasteiger partial charge in [0.05, 0.1) is 6.54 Å². The van der Waals surface area contributed by atoms with Crippen molar-refractivity contribution in [3.05, 3.63) is 76.3 Å². The molecule has 0 aliphatic heterocycles. The van der Waals surface area contributed by atoms with Crippen LogP contribution in [0.3, 0.4) is 0 Å². The van der Waals surface area contributed by atoms with Crippen LogP contribution in [-0.2, 0) is 6.54 Å². The van der Waals surface area contributed by atoms with Crippen LogP contribution in [0.5, 0.6) is 0 Å². The quantitative estimate of drug-likeness (QED) is 0.566. The van der Waals surface area contributed by atoms with E-state index in [2.05, 4.69) is 9.97 Å². The number of hydrogen-bond donors (Lipinski definition) is 2. The summed E-state index contributed by atoms with van der Waals surface area (Å²) in [5.74, 6) is 0.465. The predicted molar refractivity (Wildman–Crippen MR) is 91.2 cm³/mol. The number of aromatic nitrogens is 2. The Morgan fingerprint density at radius 1 is 1.13 bits per heavy atom. The molecule has 0 bridgehead atoms. The molecule has 0 amide bonds. The number of nitrogens with zero attached hydrogens (tertiary/aromatic N) is 1. The van der Waals surface area contributed by atoms with E-state index in [0.29, 0.717) is 16.9 Å².